The number of fused-ring (bicyclic) bond motifs is 1. The maximum Gasteiger partial charge on any atom is 0.262 e. The Balaban J connectivity index is 2.23. The second-order valence-electron chi connectivity index (χ2n) is 4.62. The Morgan fingerprint density at radius 1 is 1.10 bits per heavy atom. The minimum atomic E-state index is -0.116. The van der Waals surface area contributed by atoms with E-state index >= 15 is 0 Å². The Labute approximate surface area is 121 Å². The molecule has 1 heterocycles. The lowest BCUT2D eigenvalue weighted by Crippen LogP contribution is -2.17. The van der Waals surface area contributed by atoms with Crippen molar-refractivity contribution >= 4 is 17.1 Å². The number of aldehydes is 1. The van der Waals surface area contributed by atoms with Gasteiger partial charge in [0.1, 0.15) is 5.75 Å². The Morgan fingerprint density at radius 2 is 1.90 bits per heavy atom. The van der Waals surface area contributed by atoms with Crippen LogP contribution in [-0.4, -0.2) is 18.0 Å². The first-order chi connectivity index (χ1) is 10.2. The molecule has 0 aliphatic carbocycles. The number of ether oxygens (including phenoxy) is 1. The predicted molar refractivity (Wildman–Crippen MR) is 81.5 cm³/mol. The van der Waals surface area contributed by atoms with E-state index < -0.39 is 0 Å². The zero-order valence-corrected chi connectivity index (χ0v) is 11.4. The zero-order valence-electron chi connectivity index (χ0n) is 11.4. The van der Waals surface area contributed by atoms with E-state index in [-0.39, 0.29) is 5.56 Å². The van der Waals surface area contributed by atoms with Crippen LogP contribution in [0.4, 0.5) is 0 Å². The number of hydrogen-bond acceptors (Lipinski definition) is 3. The molecule has 0 unspecified atom stereocenters. The maximum atomic E-state index is 12.5. The molecule has 0 saturated carbocycles. The summed E-state index contributed by atoms with van der Waals surface area (Å²) >= 11 is 0. The Morgan fingerprint density at radius 3 is 2.67 bits per heavy atom. The summed E-state index contributed by atoms with van der Waals surface area (Å²) in [6, 6.07) is 14.4. The number of benzene rings is 2. The lowest BCUT2D eigenvalue weighted by Gasteiger charge is -2.10. The van der Waals surface area contributed by atoms with Gasteiger partial charge in [-0.1, -0.05) is 18.2 Å². The summed E-state index contributed by atoms with van der Waals surface area (Å²) < 4.78 is 6.63. The van der Waals surface area contributed by atoms with Crippen molar-refractivity contribution in [1.29, 1.82) is 0 Å². The molecule has 2 aromatic carbocycles. The quantitative estimate of drug-likeness (QED) is 0.693. The summed E-state index contributed by atoms with van der Waals surface area (Å²) in [7, 11) is 1.50. The van der Waals surface area contributed by atoms with Crippen LogP contribution in [0.15, 0.2) is 59.5 Å². The molecule has 1 aromatic heterocycles. The molecule has 0 atom stereocenters. The van der Waals surface area contributed by atoms with Crippen LogP contribution in [0.1, 0.15) is 10.4 Å². The van der Waals surface area contributed by atoms with Gasteiger partial charge in [0.2, 0.25) is 0 Å². The number of aromatic nitrogens is 1. The number of methoxy groups -OCH3 is 1. The van der Waals surface area contributed by atoms with Crippen molar-refractivity contribution in [1.82, 2.24) is 4.57 Å². The number of carbonyl (C=O) groups excluding carboxylic acids is 1. The molecule has 21 heavy (non-hydrogen) atoms. The SMILES string of the molecule is COc1ccc(-n2ccc3ccccc3c2=O)cc1C=O. The third-order valence-electron chi connectivity index (χ3n) is 3.43. The summed E-state index contributed by atoms with van der Waals surface area (Å²) in [5.74, 6) is 0.489. The topological polar surface area (TPSA) is 48.3 Å². The zero-order chi connectivity index (χ0) is 14.8. The van der Waals surface area contributed by atoms with E-state index in [1.807, 2.05) is 24.3 Å². The fourth-order valence-corrected chi connectivity index (χ4v) is 2.36. The van der Waals surface area contributed by atoms with Crippen LogP contribution in [0, 0.1) is 0 Å². The molecule has 3 rings (SSSR count). The number of rotatable bonds is 3. The summed E-state index contributed by atoms with van der Waals surface area (Å²) in [5.41, 5.74) is 0.929. The second-order valence-corrected chi connectivity index (χ2v) is 4.62. The molecule has 3 aromatic rings. The van der Waals surface area contributed by atoms with Crippen molar-refractivity contribution in [2.24, 2.45) is 0 Å². The van der Waals surface area contributed by atoms with E-state index in [0.29, 0.717) is 28.7 Å². The highest BCUT2D eigenvalue weighted by Gasteiger charge is 2.07. The Kier molecular flexibility index (Phi) is 3.28. The third kappa shape index (κ3) is 2.21. The standard InChI is InChI=1S/C17H13NO3/c1-21-16-7-6-14(10-13(16)11-19)18-9-8-12-4-2-3-5-15(12)17(18)20/h2-11H,1H3. The van der Waals surface area contributed by atoms with Crippen LogP contribution in [0.5, 0.6) is 5.75 Å². The summed E-state index contributed by atoms with van der Waals surface area (Å²) in [6.07, 6.45) is 2.43. The fourth-order valence-electron chi connectivity index (χ4n) is 2.36. The normalized spacial score (nSPS) is 10.5. The highest BCUT2D eigenvalue weighted by Crippen LogP contribution is 2.20. The molecule has 0 aliphatic heterocycles. The average molecular weight is 279 g/mol. The molecule has 0 saturated heterocycles. The molecular weight excluding hydrogens is 266 g/mol. The summed E-state index contributed by atoms with van der Waals surface area (Å²) in [4.78, 5) is 23.6. The molecule has 0 bridgehead atoms. The lowest BCUT2D eigenvalue weighted by atomic mass is 10.1. The van der Waals surface area contributed by atoms with Gasteiger partial charge in [-0.2, -0.15) is 0 Å². The maximum absolute atomic E-state index is 12.5. The van der Waals surface area contributed by atoms with Gasteiger partial charge in [0.05, 0.1) is 12.7 Å². The summed E-state index contributed by atoms with van der Waals surface area (Å²) in [5, 5.41) is 1.53. The van der Waals surface area contributed by atoms with Gasteiger partial charge in [-0.3, -0.25) is 14.2 Å². The van der Waals surface area contributed by atoms with Crippen molar-refractivity contribution in [3.8, 4) is 11.4 Å². The van der Waals surface area contributed by atoms with Gasteiger partial charge < -0.3 is 4.74 Å². The van der Waals surface area contributed by atoms with Gasteiger partial charge >= 0.3 is 0 Å². The minimum Gasteiger partial charge on any atom is -0.496 e. The van der Waals surface area contributed by atoms with E-state index in [1.54, 1.807) is 30.5 Å². The van der Waals surface area contributed by atoms with Gasteiger partial charge in [-0.15, -0.1) is 0 Å². The van der Waals surface area contributed by atoms with Crippen LogP contribution in [0.25, 0.3) is 16.5 Å². The smallest absolute Gasteiger partial charge is 0.262 e. The van der Waals surface area contributed by atoms with Gasteiger partial charge in [0.25, 0.3) is 5.56 Å². The molecule has 4 nitrogen and oxygen atoms in total. The van der Waals surface area contributed by atoms with Crippen LogP contribution in [0.2, 0.25) is 0 Å². The molecule has 0 spiro atoms. The van der Waals surface area contributed by atoms with Crippen molar-refractivity contribution in [3.05, 3.63) is 70.6 Å². The van der Waals surface area contributed by atoms with Crippen molar-refractivity contribution in [2.75, 3.05) is 7.11 Å². The average Bonchev–Trinajstić information content (AvgIpc) is 2.55. The first-order valence-electron chi connectivity index (χ1n) is 6.48. The fraction of sp³-hybridized carbons (Fsp3) is 0.0588. The van der Waals surface area contributed by atoms with Crippen molar-refractivity contribution in [3.63, 3.8) is 0 Å². The van der Waals surface area contributed by atoms with Gasteiger partial charge in [0, 0.05) is 17.3 Å². The first-order valence-corrected chi connectivity index (χ1v) is 6.48. The molecule has 104 valence electrons. The van der Waals surface area contributed by atoms with Gasteiger partial charge in [-0.25, -0.2) is 0 Å². The van der Waals surface area contributed by atoms with E-state index in [2.05, 4.69) is 0 Å². The third-order valence-corrected chi connectivity index (χ3v) is 3.43. The lowest BCUT2D eigenvalue weighted by molar-refractivity contribution is 0.112. The molecule has 0 fully saturated rings. The summed E-state index contributed by atoms with van der Waals surface area (Å²) in [6.45, 7) is 0. The van der Waals surface area contributed by atoms with Crippen LogP contribution in [-0.2, 0) is 0 Å². The molecule has 0 amide bonds. The first kappa shape index (κ1) is 13.1. The van der Waals surface area contributed by atoms with E-state index in [1.165, 1.54) is 11.7 Å². The molecule has 0 N–H and O–H groups in total. The van der Waals surface area contributed by atoms with E-state index in [4.69, 9.17) is 4.74 Å². The largest absolute Gasteiger partial charge is 0.496 e. The Bertz CT molecular complexity index is 881. The van der Waals surface area contributed by atoms with Crippen LogP contribution < -0.4 is 10.3 Å². The van der Waals surface area contributed by atoms with Crippen LogP contribution in [0.3, 0.4) is 0 Å². The minimum absolute atomic E-state index is 0.116. The Hall–Kier alpha value is -2.88. The highest BCUT2D eigenvalue weighted by atomic mass is 16.5. The molecule has 4 heteroatoms. The monoisotopic (exact) mass is 279 g/mol. The van der Waals surface area contributed by atoms with Gasteiger partial charge in [-0.05, 0) is 35.7 Å². The van der Waals surface area contributed by atoms with Gasteiger partial charge in [0.15, 0.2) is 6.29 Å². The van der Waals surface area contributed by atoms with E-state index in [0.717, 1.165) is 5.39 Å². The van der Waals surface area contributed by atoms with Crippen LogP contribution >= 0.6 is 0 Å². The predicted octanol–water partition coefficient (Wildman–Crippen LogP) is 2.81. The number of pyridine rings is 1. The number of carbonyl (C=O) groups is 1. The highest BCUT2D eigenvalue weighted by molar-refractivity contribution is 5.82. The van der Waals surface area contributed by atoms with E-state index in [9.17, 15) is 9.59 Å². The number of nitrogens with zero attached hydrogens (tertiary/aromatic N) is 1. The van der Waals surface area contributed by atoms with Crippen molar-refractivity contribution in [2.45, 2.75) is 0 Å². The number of hydrogen-bond donors (Lipinski definition) is 0. The second kappa shape index (κ2) is 5.25. The molecule has 0 aliphatic rings. The molecular formula is C17H13NO3. The molecule has 0 radical (unpaired) electrons. The van der Waals surface area contributed by atoms with Crippen molar-refractivity contribution < 1.29 is 9.53 Å².